The Hall–Kier alpha value is -1.06. The standard InChI is InChI=1S/C8H12N2O2/c9-10-5-7(11)3-1-2-4-8(12)6-10/h1-6H2. The molecule has 4 heteroatoms. The summed E-state index contributed by atoms with van der Waals surface area (Å²) in [4.78, 5) is 22.0. The van der Waals surface area contributed by atoms with Gasteiger partial charge in [0, 0.05) is 12.8 Å². The van der Waals surface area contributed by atoms with Crippen LogP contribution in [0, 0.1) is 0 Å². The Kier molecular flexibility index (Phi) is 3.08. The smallest absolute Gasteiger partial charge is 0.196 e. The average molecular weight is 168 g/mol. The second-order valence-corrected chi connectivity index (χ2v) is 3.11. The summed E-state index contributed by atoms with van der Waals surface area (Å²) >= 11 is 0. The van der Waals surface area contributed by atoms with E-state index in [0.717, 1.165) is 17.5 Å². The van der Waals surface area contributed by atoms with Gasteiger partial charge in [-0.1, -0.05) is 0 Å². The lowest BCUT2D eigenvalue weighted by atomic mass is 10.1. The van der Waals surface area contributed by atoms with Crippen LogP contribution in [0.25, 0.3) is 5.53 Å². The highest BCUT2D eigenvalue weighted by Crippen LogP contribution is 2.04. The fraction of sp³-hybridized carbons (Fsp3) is 0.750. The lowest BCUT2D eigenvalue weighted by molar-refractivity contribution is -0.525. The van der Waals surface area contributed by atoms with Gasteiger partial charge >= 0.3 is 0 Å². The fourth-order valence-corrected chi connectivity index (χ4v) is 1.27. The van der Waals surface area contributed by atoms with Crippen molar-refractivity contribution < 1.29 is 14.3 Å². The van der Waals surface area contributed by atoms with Crippen LogP contribution in [0.4, 0.5) is 0 Å². The van der Waals surface area contributed by atoms with E-state index in [2.05, 4.69) is 0 Å². The summed E-state index contributed by atoms with van der Waals surface area (Å²) in [6, 6.07) is 0. The first-order valence-corrected chi connectivity index (χ1v) is 4.15. The number of carbonyl (C=O) groups is 2. The predicted molar refractivity (Wildman–Crippen MR) is 41.8 cm³/mol. The molecular formula is C8H12N2O2. The number of nitrogens with zero attached hydrogens (tertiary/aromatic N) is 2. The molecule has 0 unspecified atom stereocenters. The average Bonchev–Trinajstić information content (AvgIpc) is 2.01. The van der Waals surface area contributed by atoms with Crippen LogP contribution >= 0.6 is 0 Å². The largest absolute Gasteiger partial charge is 0.506 e. The first-order chi connectivity index (χ1) is 5.68. The third kappa shape index (κ3) is 2.90. The highest BCUT2D eigenvalue weighted by molar-refractivity contribution is 5.82. The molecule has 0 aliphatic carbocycles. The van der Waals surface area contributed by atoms with Crippen LogP contribution in [0.1, 0.15) is 25.7 Å². The molecule has 0 atom stereocenters. The zero-order chi connectivity index (χ0) is 8.97. The van der Waals surface area contributed by atoms with Gasteiger partial charge in [0.2, 0.25) is 0 Å². The molecule has 66 valence electrons. The molecular weight excluding hydrogens is 156 g/mol. The van der Waals surface area contributed by atoms with Crippen LogP contribution in [-0.2, 0) is 9.59 Å². The van der Waals surface area contributed by atoms with Gasteiger partial charge in [-0.3, -0.25) is 9.59 Å². The normalized spacial score (nSPS) is 21.5. The summed E-state index contributed by atoms with van der Waals surface area (Å²) in [5.41, 5.74) is 9.07. The van der Waals surface area contributed by atoms with Crippen molar-refractivity contribution in [2.75, 3.05) is 13.1 Å². The molecule has 1 heterocycles. The first kappa shape index (κ1) is 9.03. The molecule has 1 rings (SSSR count). The summed E-state index contributed by atoms with van der Waals surface area (Å²) in [5, 5.41) is 0. The van der Waals surface area contributed by atoms with Crippen molar-refractivity contribution in [3.05, 3.63) is 5.53 Å². The Morgan fingerprint density at radius 2 is 1.42 bits per heavy atom. The maximum atomic E-state index is 11.0. The number of rotatable bonds is 0. The number of hydrogen-bond acceptors (Lipinski definition) is 2. The Morgan fingerprint density at radius 1 is 1.00 bits per heavy atom. The molecule has 0 N–H and O–H groups in total. The Labute approximate surface area is 71.1 Å². The van der Waals surface area contributed by atoms with Gasteiger partial charge in [0.15, 0.2) is 24.7 Å². The molecule has 0 radical (unpaired) electrons. The molecule has 0 aromatic heterocycles. The van der Waals surface area contributed by atoms with Crippen LogP contribution in [0.5, 0.6) is 0 Å². The molecule has 1 aliphatic heterocycles. The molecule has 1 aliphatic rings. The van der Waals surface area contributed by atoms with E-state index in [4.69, 9.17) is 5.53 Å². The lowest BCUT2D eigenvalue weighted by Gasteiger charge is -2.01. The number of hydrogen-bond donors (Lipinski definition) is 0. The van der Waals surface area contributed by atoms with Gasteiger partial charge < -0.3 is 10.2 Å². The third-order valence-electron chi connectivity index (χ3n) is 1.88. The zero-order valence-corrected chi connectivity index (χ0v) is 6.95. The molecule has 0 aromatic carbocycles. The van der Waals surface area contributed by atoms with Crippen LogP contribution in [-0.4, -0.2) is 29.4 Å². The maximum Gasteiger partial charge on any atom is 0.196 e. The van der Waals surface area contributed by atoms with Crippen molar-refractivity contribution >= 4 is 11.6 Å². The second-order valence-electron chi connectivity index (χ2n) is 3.11. The topological polar surface area (TPSA) is 59.5 Å². The molecule has 1 saturated heterocycles. The monoisotopic (exact) mass is 168 g/mol. The minimum absolute atomic E-state index is 0.00667. The lowest BCUT2D eigenvalue weighted by Crippen LogP contribution is -2.22. The van der Waals surface area contributed by atoms with Crippen molar-refractivity contribution in [2.24, 2.45) is 0 Å². The quantitative estimate of drug-likeness (QED) is 0.501. The maximum absolute atomic E-state index is 11.0. The highest BCUT2D eigenvalue weighted by atomic mass is 16.1. The van der Waals surface area contributed by atoms with Gasteiger partial charge in [-0.2, -0.15) is 0 Å². The van der Waals surface area contributed by atoms with Crippen molar-refractivity contribution in [2.45, 2.75) is 25.7 Å². The van der Waals surface area contributed by atoms with Crippen molar-refractivity contribution in [1.29, 1.82) is 0 Å². The molecule has 0 amide bonds. The van der Waals surface area contributed by atoms with Crippen LogP contribution in [0.15, 0.2) is 0 Å². The van der Waals surface area contributed by atoms with E-state index in [1.165, 1.54) is 0 Å². The van der Waals surface area contributed by atoms with E-state index < -0.39 is 0 Å². The minimum atomic E-state index is -0.00819. The summed E-state index contributed by atoms with van der Waals surface area (Å²) < 4.78 is 0.802. The second kappa shape index (κ2) is 4.09. The van der Waals surface area contributed by atoms with Crippen LogP contribution < -0.4 is 0 Å². The van der Waals surface area contributed by atoms with E-state index in [-0.39, 0.29) is 24.7 Å². The molecule has 0 saturated carbocycles. The molecule has 0 bridgehead atoms. The summed E-state index contributed by atoms with van der Waals surface area (Å²) in [6.45, 7) is -0.0164. The van der Waals surface area contributed by atoms with Crippen molar-refractivity contribution in [3.8, 4) is 0 Å². The van der Waals surface area contributed by atoms with Gasteiger partial charge in [-0.05, 0) is 12.8 Å². The summed E-state index contributed by atoms with van der Waals surface area (Å²) in [7, 11) is 0. The number of ketones is 2. The van der Waals surface area contributed by atoms with Crippen molar-refractivity contribution in [1.82, 2.24) is 0 Å². The third-order valence-corrected chi connectivity index (χ3v) is 1.88. The van der Waals surface area contributed by atoms with E-state index >= 15 is 0 Å². The van der Waals surface area contributed by atoms with E-state index in [1.807, 2.05) is 0 Å². The van der Waals surface area contributed by atoms with E-state index in [9.17, 15) is 9.59 Å². The van der Waals surface area contributed by atoms with Crippen molar-refractivity contribution in [3.63, 3.8) is 0 Å². The van der Waals surface area contributed by atoms with Gasteiger partial charge in [-0.25, -0.2) is 0 Å². The first-order valence-electron chi connectivity index (χ1n) is 4.15. The molecule has 12 heavy (non-hydrogen) atoms. The van der Waals surface area contributed by atoms with Gasteiger partial charge in [0.05, 0.1) is 0 Å². The Morgan fingerprint density at radius 3 is 1.83 bits per heavy atom. The van der Waals surface area contributed by atoms with E-state index in [1.54, 1.807) is 0 Å². The van der Waals surface area contributed by atoms with Gasteiger partial charge in [0.1, 0.15) is 0 Å². The van der Waals surface area contributed by atoms with Gasteiger partial charge in [0.25, 0.3) is 0 Å². The molecule has 0 spiro atoms. The zero-order valence-electron chi connectivity index (χ0n) is 6.95. The fourth-order valence-electron chi connectivity index (χ4n) is 1.27. The molecule has 0 aromatic rings. The van der Waals surface area contributed by atoms with Crippen LogP contribution in [0.2, 0.25) is 0 Å². The summed E-state index contributed by atoms with van der Waals surface area (Å²) in [6.07, 6.45) is 2.48. The SMILES string of the molecule is [N-]=[N+]1CC(=O)CCCCC(=O)C1. The highest BCUT2D eigenvalue weighted by Gasteiger charge is 2.14. The Bertz CT molecular complexity index is 201. The Balaban J connectivity index is 2.54. The molecule has 4 nitrogen and oxygen atoms in total. The minimum Gasteiger partial charge on any atom is -0.506 e. The predicted octanol–water partition coefficient (Wildman–Crippen LogP) is 0.733. The summed E-state index contributed by atoms with van der Waals surface area (Å²) in [5.74, 6) is 0.0133. The van der Waals surface area contributed by atoms with E-state index in [0.29, 0.717) is 12.8 Å². The number of carbonyl (C=O) groups excluding carboxylic acids is 2. The number of Topliss-reactive ketones (excluding diaryl/α,β-unsaturated/α-hetero) is 2. The van der Waals surface area contributed by atoms with Gasteiger partial charge in [-0.15, -0.1) is 0 Å². The van der Waals surface area contributed by atoms with Crippen LogP contribution in [0.3, 0.4) is 0 Å². The molecule has 1 fully saturated rings.